The molecule has 1 aromatic rings. The molecule has 0 aliphatic rings. The summed E-state index contributed by atoms with van der Waals surface area (Å²) in [5.74, 6) is 0.789. The van der Waals surface area contributed by atoms with E-state index in [1.165, 1.54) is 5.56 Å². The van der Waals surface area contributed by atoms with Crippen molar-refractivity contribution in [2.24, 2.45) is 0 Å². The van der Waals surface area contributed by atoms with Crippen molar-refractivity contribution in [3.8, 4) is 5.75 Å². The van der Waals surface area contributed by atoms with Crippen molar-refractivity contribution in [2.45, 2.75) is 59.0 Å². The van der Waals surface area contributed by atoms with Crippen LogP contribution >= 0.6 is 0 Å². The summed E-state index contributed by atoms with van der Waals surface area (Å²) >= 11 is 0. The second-order valence-corrected chi connectivity index (χ2v) is 12.5. The highest BCUT2D eigenvalue weighted by atomic mass is 28.4. The highest BCUT2D eigenvalue weighted by molar-refractivity contribution is 6.69. The van der Waals surface area contributed by atoms with Crippen molar-refractivity contribution in [1.82, 2.24) is 4.90 Å². The van der Waals surface area contributed by atoms with Crippen molar-refractivity contribution in [3.05, 3.63) is 29.8 Å². The van der Waals surface area contributed by atoms with E-state index in [0.29, 0.717) is 26.4 Å². The maximum atomic E-state index is 12.3. The minimum Gasteiger partial charge on any atom is -0.491 e. The topological polar surface area (TPSA) is 57.2 Å². The third kappa shape index (κ3) is 9.57. The summed E-state index contributed by atoms with van der Waals surface area (Å²) in [7, 11) is -0.109. The molecule has 0 bridgehead atoms. The van der Waals surface area contributed by atoms with Gasteiger partial charge in [0.1, 0.15) is 12.4 Å². The average molecular weight is 412 g/mol. The molecular weight excluding hydrogens is 374 g/mol. The Hall–Kier alpha value is -1.57. The van der Waals surface area contributed by atoms with Crippen LogP contribution in [0.4, 0.5) is 4.79 Å². The summed E-state index contributed by atoms with van der Waals surface area (Å²) in [5.41, 5.74) is 1.21. The van der Waals surface area contributed by atoms with E-state index in [9.17, 15) is 4.79 Å². The Morgan fingerprint density at radius 2 is 1.79 bits per heavy atom. The Morgan fingerprint density at radius 1 is 1.14 bits per heavy atom. The van der Waals surface area contributed by atoms with E-state index in [2.05, 4.69) is 19.6 Å². The first-order chi connectivity index (χ1) is 13.2. The Morgan fingerprint density at radius 3 is 2.29 bits per heavy atom. The van der Waals surface area contributed by atoms with Crippen LogP contribution in [0.3, 0.4) is 0 Å². The van der Waals surface area contributed by atoms with Gasteiger partial charge in [-0.3, -0.25) is 0 Å². The average Bonchev–Trinajstić information content (AvgIpc) is 2.61. The van der Waals surface area contributed by atoms with E-state index in [0.717, 1.165) is 12.2 Å². The number of rotatable bonds is 12. The smallest absolute Gasteiger partial charge is 0.410 e. The van der Waals surface area contributed by atoms with Crippen LogP contribution in [-0.4, -0.2) is 64.9 Å². The van der Waals surface area contributed by atoms with Crippen molar-refractivity contribution >= 4 is 14.4 Å². The Kier molecular flexibility index (Phi) is 10.6. The zero-order valence-electron chi connectivity index (χ0n) is 18.5. The first-order valence-electron chi connectivity index (χ1n) is 9.98. The molecule has 1 atom stereocenters. The maximum Gasteiger partial charge on any atom is 0.410 e. The van der Waals surface area contributed by atoms with Gasteiger partial charge in [-0.2, -0.15) is 0 Å². The predicted octanol–water partition coefficient (Wildman–Crippen LogP) is 4.34. The van der Waals surface area contributed by atoms with Gasteiger partial charge in [-0.25, -0.2) is 4.79 Å². The highest BCUT2D eigenvalue weighted by Gasteiger charge is 2.27. The summed E-state index contributed by atoms with van der Waals surface area (Å²) in [6.45, 7) is 14.0. The number of hydrogen-bond donors (Lipinski definition) is 0. The lowest BCUT2D eigenvalue weighted by molar-refractivity contribution is 0.0519. The fourth-order valence-electron chi connectivity index (χ4n) is 2.71. The second kappa shape index (κ2) is 12.1. The number of ether oxygens (including phenoxy) is 3. The van der Waals surface area contributed by atoms with E-state index in [4.69, 9.17) is 18.6 Å². The molecule has 0 saturated carbocycles. The molecule has 0 aliphatic carbocycles. The van der Waals surface area contributed by atoms with Gasteiger partial charge in [0, 0.05) is 13.2 Å². The summed E-state index contributed by atoms with van der Waals surface area (Å²) in [4.78, 5) is 14.0. The first-order valence-corrected chi connectivity index (χ1v) is 13.4. The maximum absolute atomic E-state index is 12.3. The van der Waals surface area contributed by atoms with Crippen LogP contribution in [0.5, 0.6) is 5.75 Å². The monoisotopic (exact) mass is 411 g/mol. The number of hydrogen-bond acceptors (Lipinski definition) is 5. The van der Waals surface area contributed by atoms with E-state index in [1.807, 2.05) is 45.0 Å². The highest BCUT2D eigenvalue weighted by Crippen LogP contribution is 2.16. The molecule has 28 heavy (non-hydrogen) atoms. The number of methoxy groups -OCH3 is 1. The molecule has 0 spiro atoms. The molecule has 7 heteroatoms. The molecule has 1 unspecified atom stereocenters. The first kappa shape index (κ1) is 24.5. The van der Waals surface area contributed by atoms with E-state index < -0.39 is 8.32 Å². The SMILES string of the molecule is CCOC(=O)N(CC(COc1ccc(CCOC)cc1)O[Si](C)(C)C)C(C)C. The third-order valence-corrected chi connectivity index (χ3v) is 5.04. The Labute approximate surface area is 171 Å². The van der Waals surface area contributed by atoms with Crippen LogP contribution in [0.1, 0.15) is 26.3 Å². The van der Waals surface area contributed by atoms with Gasteiger partial charge in [-0.15, -0.1) is 0 Å². The lowest BCUT2D eigenvalue weighted by Gasteiger charge is -2.33. The lowest BCUT2D eigenvalue weighted by atomic mass is 10.1. The summed E-state index contributed by atoms with van der Waals surface area (Å²) in [5, 5.41) is 0. The van der Waals surface area contributed by atoms with Crippen LogP contribution in [0.15, 0.2) is 24.3 Å². The molecule has 1 rings (SSSR count). The van der Waals surface area contributed by atoms with Crippen molar-refractivity contribution in [1.29, 1.82) is 0 Å². The van der Waals surface area contributed by atoms with Gasteiger partial charge in [-0.05, 0) is 64.5 Å². The zero-order chi connectivity index (χ0) is 21.2. The zero-order valence-corrected chi connectivity index (χ0v) is 19.5. The van der Waals surface area contributed by atoms with Gasteiger partial charge in [0.2, 0.25) is 0 Å². The van der Waals surface area contributed by atoms with Gasteiger partial charge in [0.15, 0.2) is 8.32 Å². The van der Waals surface area contributed by atoms with Crippen molar-refractivity contribution in [2.75, 3.05) is 33.5 Å². The fourth-order valence-corrected chi connectivity index (χ4v) is 3.85. The number of amides is 1. The molecule has 1 amide bonds. The third-order valence-electron chi connectivity index (χ3n) is 4.00. The summed E-state index contributed by atoms with van der Waals surface area (Å²) in [6.07, 6.45) is 0.344. The molecule has 0 radical (unpaired) electrons. The number of carbonyl (C=O) groups excluding carboxylic acids is 1. The van der Waals surface area contributed by atoms with Crippen LogP contribution < -0.4 is 4.74 Å². The Bertz CT molecular complexity index is 571. The molecule has 6 nitrogen and oxygen atoms in total. The normalized spacial score (nSPS) is 12.7. The fraction of sp³-hybridized carbons (Fsp3) is 0.667. The molecule has 0 saturated heterocycles. The van der Waals surface area contributed by atoms with Gasteiger partial charge < -0.3 is 23.5 Å². The lowest BCUT2D eigenvalue weighted by Crippen LogP contribution is -2.47. The van der Waals surface area contributed by atoms with Crippen molar-refractivity contribution in [3.63, 3.8) is 0 Å². The van der Waals surface area contributed by atoms with E-state index >= 15 is 0 Å². The van der Waals surface area contributed by atoms with E-state index in [1.54, 1.807) is 12.0 Å². The molecule has 0 fully saturated rings. The molecular formula is C21H37NO5Si. The molecule has 1 aromatic carbocycles. The molecule has 0 heterocycles. The molecule has 0 aliphatic heterocycles. The second-order valence-electron chi connectivity index (χ2n) is 8.00. The van der Waals surface area contributed by atoms with Crippen molar-refractivity contribution < 1.29 is 23.4 Å². The molecule has 0 aromatic heterocycles. The van der Waals surface area contributed by atoms with E-state index in [-0.39, 0.29) is 18.2 Å². The van der Waals surface area contributed by atoms with Gasteiger partial charge >= 0.3 is 6.09 Å². The summed E-state index contributed by atoms with van der Waals surface area (Å²) in [6, 6.07) is 8.03. The Balaban J connectivity index is 2.77. The number of carbonyl (C=O) groups is 1. The molecule has 0 N–H and O–H groups in total. The molecule has 160 valence electrons. The van der Waals surface area contributed by atoms with Gasteiger partial charge in [0.25, 0.3) is 0 Å². The summed E-state index contributed by atoms with van der Waals surface area (Å²) < 4.78 is 22.6. The standard InChI is InChI=1S/C21H37NO5Si/c1-8-25-21(23)22(17(2)3)15-20(27-28(5,6)7)16-26-19-11-9-18(10-12-19)13-14-24-4/h9-12,17,20H,8,13-16H2,1-7H3. The predicted molar refractivity (Wildman–Crippen MR) is 115 cm³/mol. The number of nitrogens with zero attached hydrogens (tertiary/aromatic N) is 1. The minimum atomic E-state index is -1.81. The van der Waals surface area contributed by atoms with Crippen LogP contribution in [0, 0.1) is 0 Å². The van der Waals surface area contributed by atoms with Crippen LogP contribution in [0.25, 0.3) is 0 Å². The number of benzene rings is 1. The minimum absolute atomic E-state index is 0.0202. The van der Waals surface area contributed by atoms with Gasteiger partial charge in [0.05, 0.1) is 25.9 Å². The van der Waals surface area contributed by atoms with Crippen LogP contribution in [0.2, 0.25) is 19.6 Å². The largest absolute Gasteiger partial charge is 0.491 e. The van der Waals surface area contributed by atoms with Gasteiger partial charge in [-0.1, -0.05) is 12.1 Å². The van der Waals surface area contributed by atoms with Crippen LogP contribution in [-0.2, 0) is 20.3 Å². The quantitative estimate of drug-likeness (QED) is 0.479.